The molecule has 1 fully saturated rings. The van der Waals surface area contributed by atoms with Crippen molar-refractivity contribution in [3.63, 3.8) is 0 Å². The summed E-state index contributed by atoms with van der Waals surface area (Å²) in [6, 6.07) is 5.32. The maximum Gasteiger partial charge on any atom is 0.121 e. The number of nitrogens with zero attached hydrogens (tertiary/aromatic N) is 1. The summed E-state index contributed by atoms with van der Waals surface area (Å²) >= 11 is 0. The third-order valence-electron chi connectivity index (χ3n) is 3.05. The summed E-state index contributed by atoms with van der Waals surface area (Å²) in [5.74, 6) is 2.17. The SMILES string of the molecule is Cc1ccc(C2CCCN2C(C)C)o1. The molecule has 0 aliphatic carbocycles. The minimum Gasteiger partial charge on any atom is -0.465 e. The van der Waals surface area contributed by atoms with Crippen LogP contribution in [0.25, 0.3) is 0 Å². The van der Waals surface area contributed by atoms with Crippen LogP contribution in [0.5, 0.6) is 0 Å². The van der Waals surface area contributed by atoms with E-state index in [1.807, 2.05) is 6.92 Å². The summed E-state index contributed by atoms with van der Waals surface area (Å²) in [7, 11) is 0. The van der Waals surface area contributed by atoms with Gasteiger partial charge in [-0.25, -0.2) is 0 Å². The maximum atomic E-state index is 5.71. The molecule has 0 N–H and O–H groups in total. The molecule has 1 aliphatic rings. The predicted molar refractivity (Wildman–Crippen MR) is 57.3 cm³/mol. The Balaban J connectivity index is 2.17. The van der Waals surface area contributed by atoms with Gasteiger partial charge in [0.15, 0.2) is 0 Å². The molecule has 1 aromatic rings. The van der Waals surface area contributed by atoms with E-state index in [-0.39, 0.29) is 0 Å². The molecule has 2 nitrogen and oxygen atoms in total. The van der Waals surface area contributed by atoms with Gasteiger partial charge in [-0.2, -0.15) is 0 Å². The Labute approximate surface area is 85.9 Å². The van der Waals surface area contributed by atoms with Crippen LogP contribution >= 0.6 is 0 Å². The third-order valence-corrected chi connectivity index (χ3v) is 3.05. The summed E-state index contributed by atoms with van der Waals surface area (Å²) in [6.07, 6.45) is 2.54. The van der Waals surface area contributed by atoms with E-state index < -0.39 is 0 Å². The highest BCUT2D eigenvalue weighted by molar-refractivity contribution is 5.11. The van der Waals surface area contributed by atoms with Crippen molar-refractivity contribution in [1.82, 2.24) is 4.90 Å². The molecule has 1 saturated heterocycles. The van der Waals surface area contributed by atoms with Gasteiger partial charge in [0.05, 0.1) is 6.04 Å². The molecule has 0 saturated carbocycles. The summed E-state index contributed by atoms with van der Waals surface area (Å²) in [6.45, 7) is 7.74. The number of furan rings is 1. The molecule has 0 aromatic carbocycles. The van der Waals surface area contributed by atoms with Crippen molar-refractivity contribution in [3.8, 4) is 0 Å². The van der Waals surface area contributed by atoms with Crippen molar-refractivity contribution >= 4 is 0 Å². The largest absolute Gasteiger partial charge is 0.465 e. The zero-order valence-electron chi connectivity index (χ0n) is 9.29. The molecule has 0 amide bonds. The molecule has 2 heterocycles. The van der Waals surface area contributed by atoms with E-state index in [1.54, 1.807) is 0 Å². The molecule has 1 aromatic heterocycles. The number of aryl methyl sites for hydroxylation is 1. The second-order valence-corrected chi connectivity index (χ2v) is 4.44. The minimum atomic E-state index is 0.517. The monoisotopic (exact) mass is 193 g/mol. The van der Waals surface area contributed by atoms with Gasteiger partial charge in [0, 0.05) is 6.04 Å². The van der Waals surface area contributed by atoms with Gasteiger partial charge in [0.1, 0.15) is 11.5 Å². The first-order chi connectivity index (χ1) is 6.68. The summed E-state index contributed by atoms with van der Waals surface area (Å²) < 4.78 is 5.71. The van der Waals surface area contributed by atoms with Gasteiger partial charge in [0.2, 0.25) is 0 Å². The summed E-state index contributed by atoms with van der Waals surface area (Å²) in [5.41, 5.74) is 0. The predicted octanol–water partition coefficient (Wildman–Crippen LogP) is 3.13. The Bertz CT molecular complexity index is 303. The van der Waals surface area contributed by atoms with Gasteiger partial charge >= 0.3 is 0 Å². The fourth-order valence-electron chi connectivity index (χ4n) is 2.35. The number of likely N-dealkylation sites (tertiary alicyclic amines) is 1. The van der Waals surface area contributed by atoms with E-state index in [9.17, 15) is 0 Å². The molecule has 14 heavy (non-hydrogen) atoms. The minimum absolute atomic E-state index is 0.517. The van der Waals surface area contributed by atoms with Gasteiger partial charge in [-0.3, -0.25) is 4.90 Å². The molecule has 1 aliphatic heterocycles. The number of hydrogen-bond acceptors (Lipinski definition) is 2. The Morgan fingerprint density at radius 3 is 2.79 bits per heavy atom. The van der Waals surface area contributed by atoms with E-state index in [2.05, 4.69) is 30.9 Å². The smallest absolute Gasteiger partial charge is 0.121 e. The fourth-order valence-corrected chi connectivity index (χ4v) is 2.35. The highest BCUT2D eigenvalue weighted by Gasteiger charge is 2.29. The lowest BCUT2D eigenvalue weighted by Gasteiger charge is -2.26. The van der Waals surface area contributed by atoms with Crippen LogP contribution in [0.3, 0.4) is 0 Å². The van der Waals surface area contributed by atoms with Crippen LogP contribution in [0.2, 0.25) is 0 Å². The second-order valence-electron chi connectivity index (χ2n) is 4.44. The van der Waals surface area contributed by atoms with Crippen molar-refractivity contribution in [2.24, 2.45) is 0 Å². The Morgan fingerprint density at radius 1 is 1.43 bits per heavy atom. The quantitative estimate of drug-likeness (QED) is 0.717. The van der Waals surface area contributed by atoms with E-state index in [1.165, 1.54) is 19.4 Å². The van der Waals surface area contributed by atoms with Crippen LogP contribution in [-0.4, -0.2) is 17.5 Å². The molecule has 2 rings (SSSR count). The van der Waals surface area contributed by atoms with Gasteiger partial charge in [-0.15, -0.1) is 0 Å². The van der Waals surface area contributed by atoms with Crippen LogP contribution < -0.4 is 0 Å². The van der Waals surface area contributed by atoms with Crippen molar-refractivity contribution in [2.45, 2.75) is 45.7 Å². The molecular weight excluding hydrogens is 174 g/mol. The Morgan fingerprint density at radius 2 is 2.21 bits per heavy atom. The molecule has 1 unspecified atom stereocenters. The Kier molecular flexibility index (Phi) is 2.64. The first kappa shape index (κ1) is 9.78. The lowest BCUT2D eigenvalue weighted by atomic mass is 10.1. The van der Waals surface area contributed by atoms with E-state index in [0.29, 0.717) is 12.1 Å². The average Bonchev–Trinajstić information content (AvgIpc) is 2.70. The standard InChI is InChI=1S/C12H19NO/c1-9(2)13-8-4-5-11(13)12-7-6-10(3)14-12/h6-7,9,11H,4-5,8H2,1-3H3. The van der Waals surface area contributed by atoms with Crippen molar-refractivity contribution in [3.05, 3.63) is 23.7 Å². The van der Waals surface area contributed by atoms with Gasteiger partial charge < -0.3 is 4.42 Å². The van der Waals surface area contributed by atoms with Gasteiger partial charge in [-0.1, -0.05) is 0 Å². The lowest BCUT2D eigenvalue weighted by Crippen LogP contribution is -2.29. The highest BCUT2D eigenvalue weighted by Crippen LogP contribution is 2.34. The van der Waals surface area contributed by atoms with Gasteiger partial charge in [0.25, 0.3) is 0 Å². The Hall–Kier alpha value is -0.760. The molecule has 1 atom stereocenters. The molecule has 0 bridgehead atoms. The van der Waals surface area contributed by atoms with Crippen LogP contribution in [0, 0.1) is 6.92 Å². The van der Waals surface area contributed by atoms with Gasteiger partial charge in [-0.05, 0) is 52.3 Å². The van der Waals surface area contributed by atoms with Crippen molar-refractivity contribution < 1.29 is 4.42 Å². The molecule has 0 spiro atoms. The molecule has 0 radical (unpaired) electrons. The summed E-state index contributed by atoms with van der Waals surface area (Å²) in [4.78, 5) is 2.53. The third kappa shape index (κ3) is 1.71. The zero-order chi connectivity index (χ0) is 10.1. The molecule has 2 heteroatoms. The van der Waals surface area contributed by atoms with Crippen LogP contribution in [0.4, 0.5) is 0 Å². The van der Waals surface area contributed by atoms with Crippen molar-refractivity contribution in [1.29, 1.82) is 0 Å². The molecule has 78 valence electrons. The highest BCUT2D eigenvalue weighted by atomic mass is 16.3. The van der Waals surface area contributed by atoms with E-state index in [4.69, 9.17) is 4.42 Å². The van der Waals surface area contributed by atoms with E-state index in [0.717, 1.165) is 11.5 Å². The average molecular weight is 193 g/mol. The van der Waals surface area contributed by atoms with Crippen LogP contribution in [0.15, 0.2) is 16.5 Å². The first-order valence-corrected chi connectivity index (χ1v) is 5.50. The number of hydrogen-bond donors (Lipinski definition) is 0. The topological polar surface area (TPSA) is 16.4 Å². The van der Waals surface area contributed by atoms with Crippen LogP contribution in [-0.2, 0) is 0 Å². The zero-order valence-corrected chi connectivity index (χ0v) is 9.29. The maximum absolute atomic E-state index is 5.71. The fraction of sp³-hybridized carbons (Fsp3) is 0.667. The first-order valence-electron chi connectivity index (χ1n) is 5.50. The summed E-state index contributed by atoms with van der Waals surface area (Å²) in [5, 5.41) is 0. The molecular formula is C12H19NO. The lowest BCUT2D eigenvalue weighted by molar-refractivity contribution is 0.183. The second kappa shape index (κ2) is 3.77. The van der Waals surface area contributed by atoms with Crippen molar-refractivity contribution in [2.75, 3.05) is 6.54 Å². The van der Waals surface area contributed by atoms with E-state index >= 15 is 0 Å². The van der Waals surface area contributed by atoms with Crippen LogP contribution in [0.1, 0.15) is 44.3 Å². The normalized spacial score (nSPS) is 23.6. The number of rotatable bonds is 2.